The van der Waals surface area contributed by atoms with E-state index in [0.717, 1.165) is 11.5 Å². The number of ether oxygens (including phenoxy) is 1. The number of hydrogen-bond donors (Lipinski definition) is 0. The molecular weight excluding hydrogens is 306 g/mol. The van der Waals surface area contributed by atoms with Crippen molar-refractivity contribution in [2.45, 2.75) is 26.4 Å². The van der Waals surface area contributed by atoms with E-state index in [1.165, 1.54) is 0 Å². The molecular formula is C17H23N5O2. The zero-order valence-corrected chi connectivity index (χ0v) is 14.3. The van der Waals surface area contributed by atoms with Crippen molar-refractivity contribution in [2.24, 2.45) is 0 Å². The molecule has 0 unspecified atom stereocenters. The van der Waals surface area contributed by atoms with Crippen LogP contribution in [-0.4, -0.2) is 57.8 Å². The zero-order chi connectivity index (χ0) is 17.2. The molecule has 1 aliphatic heterocycles. The first-order valence-corrected chi connectivity index (χ1v) is 8.13. The zero-order valence-electron chi connectivity index (χ0n) is 14.3. The quantitative estimate of drug-likeness (QED) is 0.846. The van der Waals surface area contributed by atoms with E-state index in [2.05, 4.69) is 15.2 Å². The lowest BCUT2D eigenvalue weighted by molar-refractivity contribution is 0.0240. The first kappa shape index (κ1) is 16.3. The number of aromatic nitrogens is 3. The molecule has 0 aliphatic carbocycles. The van der Waals surface area contributed by atoms with Crippen LogP contribution in [0.2, 0.25) is 0 Å². The standard InChI is InChI=1S/C17H23N5O2/c1-17(2,3)24-16(23)21-11-9-20(10-12-21)15-13-22(19-18-15)14-7-5-4-6-8-14/h4-8,13H,9-12H2,1-3H3. The van der Waals surface area contributed by atoms with Crippen molar-refractivity contribution in [2.75, 3.05) is 31.1 Å². The van der Waals surface area contributed by atoms with Crippen LogP contribution < -0.4 is 4.90 Å². The average molecular weight is 329 g/mol. The van der Waals surface area contributed by atoms with Gasteiger partial charge in [0.15, 0.2) is 5.82 Å². The number of amides is 1. The fraction of sp³-hybridized carbons (Fsp3) is 0.471. The van der Waals surface area contributed by atoms with Gasteiger partial charge in [0, 0.05) is 26.2 Å². The summed E-state index contributed by atoms with van der Waals surface area (Å²) in [6.07, 6.45) is 1.66. The number of nitrogens with zero attached hydrogens (tertiary/aromatic N) is 5. The van der Waals surface area contributed by atoms with E-state index >= 15 is 0 Å². The van der Waals surface area contributed by atoms with Gasteiger partial charge in [0.25, 0.3) is 0 Å². The van der Waals surface area contributed by atoms with Gasteiger partial charge in [-0.1, -0.05) is 23.4 Å². The summed E-state index contributed by atoms with van der Waals surface area (Å²) in [6, 6.07) is 9.88. The maximum absolute atomic E-state index is 12.1. The molecule has 1 aromatic carbocycles. The Morgan fingerprint density at radius 1 is 1.08 bits per heavy atom. The highest BCUT2D eigenvalue weighted by atomic mass is 16.6. The summed E-state index contributed by atoms with van der Waals surface area (Å²) in [7, 11) is 0. The number of hydrogen-bond acceptors (Lipinski definition) is 5. The summed E-state index contributed by atoms with van der Waals surface area (Å²) in [4.78, 5) is 16.0. The number of rotatable bonds is 2. The van der Waals surface area contributed by atoms with Crippen molar-refractivity contribution in [3.05, 3.63) is 36.5 Å². The van der Waals surface area contributed by atoms with E-state index in [9.17, 15) is 4.79 Å². The van der Waals surface area contributed by atoms with Gasteiger partial charge in [0.2, 0.25) is 0 Å². The van der Waals surface area contributed by atoms with Gasteiger partial charge in [-0.05, 0) is 32.9 Å². The summed E-state index contributed by atoms with van der Waals surface area (Å²) < 4.78 is 7.18. The van der Waals surface area contributed by atoms with Gasteiger partial charge >= 0.3 is 6.09 Å². The molecule has 7 heteroatoms. The molecule has 0 N–H and O–H groups in total. The SMILES string of the molecule is CC(C)(C)OC(=O)N1CCN(c2cn(-c3ccccc3)nn2)CC1. The number of piperazine rings is 1. The van der Waals surface area contributed by atoms with E-state index in [1.54, 1.807) is 9.58 Å². The molecule has 0 radical (unpaired) electrons. The minimum absolute atomic E-state index is 0.255. The Balaban J connectivity index is 1.59. The Morgan fingerprint density at radius 2 is 1.75 bits per heavy atom. The monoisotopic (exact) mass is 329 g/mol. The third-order valence-electron chi connectivity index (χ3n) is 3.76. The maximum Gasteiger partial charge on any atom is 0.410 e. The highest BCUT2D eigenvalue weighted by Gasteiger charge is 2.26. The van der Waals surface area contributed by atoms with Gasteiger partial charge in [0.05, 0.1) is 11.9 Å². The lowest BCUT2D eigenvalue weighted by Gasteiger charge is -2.35. The summed E-state index contributed by atoms with van der Waals surface area (Å²) in [6.45, 7) is 8.30. The Bertz CT molecular complexity index is 685. The fourth-order valence-corrected chi connectivity index (χ4v) is 2.55. The van der Waals surface area contributed by atoms with Crippen molar-refractivity contribution >= 4 is 11.9 Å². The first-order chi connectivity index (χ1) is 11.4. The van der Waals surface area contributed by atoms with Crippen molar-refractivity contribution in [1.82, 2.24) is 19.9 Å². The van der Waals surface area contributed by atoms with Gasteiger partial charge < -0.3 is 14.5 Å². The second kappa shape index (κ2) is 6.51. The van der Waals surface area contributed by atoms with Gasteiger partial charge in [-0.2, -0.15) is 0 Å². The number of carbonyl (C=O) groups is 1. The normalized spacial score (nSPS) is 15.5. The molecule has 0 bridgehead atoms. The van der Waals surface area contributed by atoms with Crippen LogP contribution in [0.4, 0.5) is 10.6 Å². The smallest absolute Gasteiger partial charge is 0.410 e. The van der Waals surface area contributed by atoms with E-state index < -0.39 is 5.60 Å². The first-order valence-electron chi connectivity index (χ1n) is 8.13. The van der Waals surface area contributed by atoms with Crippen LogP contribution in [0, 0.1) is 0 Å². The van der Waals surface area contributed by atoms with Crippen LogP contribution in [0.25, 0.3) is 5.69 Å². The Morgan fingerprint density at radius 3 is 2.38 bits per heavy atom. The molecule has 1 saturated heterocycles. The molecule has 2 aromatic rings. The molecule has 1 amide bonds. The molecule has 2 heterocycles. The van der Waals surface area contributed by atoms with Gasteiger partial charge in [-0.3, -0.25) is 0 Å². The topological polar surface area (TPSA) is 63.5 Å². The molecule has 0 spiro atoms. The molecule has 128 valence electrons. The van der Waals surface area contributed by atoms with Crippen LogP contribution in [-0.2, 0) is 4.74 Å². The van der Waals surface area contributed by atoms with Crippen molar-refractivity contribution in [1.29, 1.82) is 0 Å². The second-order valence-electron chi connectivity index (χ2n) is 6.81. The summed E-state index contributed by atoms with van der Waals surface area (Å²) >= 11 is 0. The van der Waals surface area contributed by atoms with Crippen LogP contribution in [0.15, 0.2) is 36.5 Å². The Kier molecular flexibility index (Phi) is 4.42. The van der Waals surface area contributed by atoms with Crippen molar-refractivity contribution in [3.63, 3.8) is 0 Å². The fourth-order valence-electron chi connectivity index (χ4n) is 2.55. The predicted octanol–water partition coefficient (Wildman–Crippen LogP) is 2.32. The minimum Gasteiger partial charge on any atom is -0.444 e. The summed E-state index contributed by atoms with van der Waals surface area (Å²) in [5.41, 5.74) is 0.510. The molecule has 0 saturated carbocycles. The largest absolute Gasteiger partial charge is 0.444 e. The van der Waals surface area contributed by atoms with Crippen LogP contribution in [0.3, 0.4) is 0 Å². The minimum atomic E-state index is -0.466. The lowest BCUT2D eigenvalue weighted by atomic mass is 10.2. The van der Waals surface area contributed by atoms with E-state index in [1.807, 2.05) is 57.3 Å². The molecule has 7 nitrogen and oxygen atoms in total. The molecule has 1 aromatic heterocycles. The van der Waals surface area contributed by atoms with Gasteiger partial charge in [0.1, 0.15) is 5.60 Å². The summed E-state index contributed by atoms with van der Waals surface area (Å²) in [5.74, 6) is 0.822. The van der Waals surface area contributed by atoms with Crippen LogP contribution in [0.5, 0.6) is 0 Å². The Hall–Kier alpha value is -2.57. The third kappa shape index (κ3) is 3.84. The molecule has 0 atom stereocenters. The number of para-hydroxylation sites is 1. The highest BCUT2D eigenvalue weighted by Crippen LogP contribution is 2.17. The third-order valence-corrected chi connectivity index (χ3v) is 3.76. The molecule has 1 fully saturated rings. The van der Waals surface area contributed by atoms with Gasteiger partial charge in [-0.25, -0.2) is 9.48 Å². The molecule has 1 aliphatic rings. The van der Waals surface area contributed by atoms with Gasteiger partial charge in [-0.15, -0.1) is 5.10 Å². The van der Waals surface area contributed by atoms with E-state index in [4.69, 9.17) is 4.74 Å². The molecule has 24 heavy (non-hydrogen) atoms. The van der Waals surface area contributed by atoms with Crippen molar-refractivity contribution < 1.29 is 9.53 Å². The Labute approximate surface area is 141 Å². The van der Waals surface area contributed by atoms with E-state index in [0.29, 0.717) is 26.2 Å². The summed E-state index contributed by atoms with van der Waals surface area (Å²) in [5, 5.41) is 8.43. The van der Waals surface area contributed by atoms with Crippen LogP contribution >= 0.6 is 0 Å². The van der Waals surface area contributed by atoms with Crippen LogP contribution in [0.1, 0.15) is 20.8 Å². The predicted molar refractivity (Wildman–Crippen MR) is 91.4 cm³/mol. The number of anilines is 1. The lowest BCUT2D eigenvalue weighted by Crippen LogP contribution is -2.50. The number of benzene rings is 1. The van der Waals surface area contributed by atoms with E-state index in [-0.39, 0.29) is 6.09 Å². The number of carbonyl (C=O) groups excluding carboxylic acids is 1. The highest BCUT2D eigenvalue weighted by molar-refractivity contribution is 5.68. The molecule has 3 rings (SSSR count). The van der Waals surface area contributed by atoms with Crippen molar-refractivity contribution in [3.8, 4) is 5.69 Å². The maximum atomic E-state index is 12.1. The average Bonchev–Trinajstić information content (AvgIpc) is 3.04. The second-order valence-corrected chi connectivity index (χ2v) is 6.81.